The molecule has 0 saturated carbocycles. The van der Waals surface area contributed by atoms with Crippen molar-refractivity contribution in [2.45, 2.75) is 26.2 Å². The lowest BCUT2D eigenvalue weighted by molar-refractivity contribution is -0.125. The molecule has 1 atom stereocenters. The van der Waals surface area contributed by atoms with Crippen LogP contribution in [0.2, 0.25) is 5.02 Å². The molecule has 2 heterocycles. The van der Waals surface area contributed by atoms with E-state index in [1.54, 1.807) is 0 Å². The predicted octanol–water partition coefficient (Wildman–Crippen LogP) is 3.63. The molecule has 1 unspecified atom stereocenters. The highest BCUT2D eigenvalue weighted by molar-refractivity contribution is 6.31. The van der Waals surface area contributed by atoms with Gasteiger partial charge < -0.3 is 10.2 Å². The summed E-state index contributed by atoms with van der Waals surface area (Å²) in [6.45, 7) is 4.56. The lowest BCUT2D eigenvalue weighted by Gasteiger charge is -2.34. The van der Waals surface area contributed by atoms with Crippen LogP contribution in [0.4, 0.5) is 5.69 Å². The average molecular weight is 332 g/mol. The van der Waals surface area contributed by atoms with Gasteiger partial charge in [-0.15, -0.1) is 0 Å². The zero-order chi connectivity index (χ0) is 16.2. The lowest BCUT2D eigenvalue weighted by atomic mass is 9.96. The highest BCUT2D eigenvalue weighted by atomic mass is 35.5. The number of pyridine rings is 1. The smallest absolute Gasteiger partial charge is 0.224 e. The Morgan fingerprint density at radius 1 is 1.43 bits per heavy atom. The Morgan fingerprint density at radius 3 is 3.13 bits per heavy atom. The molecule has 0 spiro atoms. The van der Waals surface area contributed by atoms with Gasteiger partial charge in [-0.25, -0.2) is 0 Å². The number of piperidine rings is 1. The minimum atomic E-state index is 0.0609. The maximum absolute atomic E-state index is 12.3. The number of carbonyl (C=O) groups excluding carboxylic acids is 1. The quantitative estimate of drug-likeness (QED) is 0.930. The number of halogens is 1. The first kappa shape index (κ1) is 16.1. The van der Waals surface area contributed by atoms with Crippen LogP contribution in [-0.4, -0.2) is 30.5 Å². The lowest BCUT2D eigenvalue weighted by Crippen LogP contribution is -2.43. The van der Waals surface area contributed by atoms with Crippen molar-refractivity contribution in [3.8, 4) is 0 Å². The molecule has 0 bridgehead atoms. The summed E-state index contributed by atoms with van der Waals surface area (Å²) < 4.78 is 0. The first-order valence-corrected chi connectivity index (χ1v) is 8.63. The van der Waals surface area contributed by atoms with Gasteiger partial charge in [0.05, 0.1) is 11.4 Å². The minimum Gasteiger partial charge on any atom is -0.370 e. The van der Waals surface area contributed by atoms with E-state index in [9.17, 15) is 4.79 Å². The molecule has 1 aromatic heterocycles. The van der Waals surface area contributed by atoms with Gasteiger partial charge in [-0.1, -0.05) is 18.5 Å². The van der Waals surface area contributed by atoms with Crippen LogP contribution in [0.15, 0.2) is 30.5 Å². The molecule has 23 heavy (non-hydrogen) atoms. The molecule has 122 valence electrons. The fourth-order valence-corrected chi connectivity index (χ4v) is 3.35. The SMILES string of the molecule is CCCNC(=O)C1CCCN(c2ccnc3cc(Cl)ccc23)C1. The van der Waals surface area contributed by atoms with Crippen LogP contribution in [-0.2, 0) is 4.79 Å². The number of aromatic nitrogens is 1. The van der Waals surface area contributed by atoms with Gasteiger partial charge in [0.1, 0.15) is 0 Å². The summed E-state index contributed by atoms with van der Waals surface area (Å²) in [7, 11) is 0. The molecule has 4 nitrogen and oxygen atoms in total. The van der Waals surface area contributed by atoms with E-state index in [1.807, 2.05) is 30.5 Å². The zero-order valence-corrected chi connectivity index (χ0v) is 14.1. The third-order valence-corrected chi connectivity index (χ3v) is 4.60. The molecule has 1 aromatic carbocycles. The van der Waals surface area contributed by atoms with Crippen LogP contribution in [0.3, 0.4) is 0 Å². The summed E-state index contributed by atoms with van der Waals surface area (Å²) in [5.74, 6) is 0.240. The largest absolute Gasteiger partial charge is 0.370 e. The molecule has 1 N–H and O–H groups in total. The van der Waals surface area contributed by atoms with E-state index < -0.39 is 0 Å². The Bertz CT molecular complexity index is 704. The van der Waals surface area contributed by atoms with Gasteiger partial charge in [-0.05, 0) is 43.5 Å². The third kappa shape index (κ3) is 3.58. The molecule has 0 radical (unpaired) electrons. The number of anilines is 1. The van der Waals surface area contributed by atoms with Crippen molar-refractivity contribution in [3.63, 3.8) is 0 Å². The number of benzene rings is 1. The molecule has 3 rings (SSSR count). The second-order valence-corrected chi connectivity index (χ2v) is 6.50. The summed E-state index contributed by atoms with van der Waals surface area (Å²) in [4.78, 5) is 19.0. The molecule has 1 aliphatic heterocycles. The van der Waals surface area contributed by atoms with Gasteiger partial charge in [0, 0.05) is 41.9 Å². The predicted molar refractivity (Wildman–Crippen MR) is 95.0 cm³/mol. The van der Waals surface area contributed by atoms with Crippen molar-refractivity contribution >= 4 is 34.1 Å². The van der Waals surface area contributed by atoms with Crippen molar-refractivity contribution in [2.24, 2.45) is 5.92 Å². The normalized spacial score (nSPS) is 18.2. The van der Waals surface area contributed by atoms with Crippen LogP contribution < -0.4 is 10.2 Å². The van der Waals surface area contributed by atoms with E-state index in [0.29, 0.717) is 5.02 Å². The van der Waals surface area contributed by atoms with E-state index in [4.69, 9.17) is 11.6 Å². The van der Waals surface area contributed by atoms with Gasteiger partial charge in [0.15, 0.2) is 0 Å². The second-order valence-electron chi connectivity index (χ2n) is 6.07. The molecule has 1 saturated heterocycles. The zero-order valence-electron chi connectivity index (χ0n) is 13.4. The molecule has 5 heteroatoms. The van der Waals surface area contributed by atoms with Crippen LogP contribution in [0, 0.1) is 5.92 Å². The summed E-state index contributed by atoms with van der Waals surface area (Å²) in [5.41, 5.74) is 2.03. The molecule has 0 aliphatic carbocycles. The molecular weight excluding hydrogens is 310 g/mol. The Balaban J connectivity index is 1.83. The number of nitrogens with one attached hydrogen (secondary N) is 1. The maximum Gasteiger partial charge on any atom is 0.224 e. The molecule has 1 amide bonds. The van der Waals surface area contributed by atoms with Crippen molar-refractivity contribution in [1.82, 2.24) is 10.3 Å². The highest BCUT2D eigenvalue weighted by Crippen LogP contribution is 2.30. The fraction of sp³-hybridized carbons (Fsp3) is 0.444. The Labute approximate surface area is 141 Å². The minimum absolute atomic E-state index is 0.0609. The third-order valence-electron chi connectivity index (χ3n) is 4.36. The van der Waals surface area contributed by atoms with Crippen LogP contribution in [0.25, 0.3) is 10.9 Å². The number of rotatable bonds is 4. The Kier molecular flexibility index (Phi) is 5.01. The number of nitrogens with zero attached hydrogens (tertiary/aromatic N) is 2. The van der Waals surface area contributed by atoms with Gasteiger partial charge in [-0.2, -0.15) is 0 Å². The van der Waals surface area contributed by atoms with Gasteiger partial charge in [0.2, 0.25) is 5.91 Å². The van der Waals surface area contributed by atoms with Crippen LogP contribution >= 0.6 is 11.6 Å². The van der Waals surface area contributed by atoms with Crippen LogP contribution in [0.1, 0.15) is 26.2 Å². The van der Waals surface area contributed by atoms with Crippen molar-refractivity contribution < 1.29 is 4.79 Å². The number of amides is 1. The van der Waals surface area contributed by atoms with E-state index >= 15 is 0 Å². The first-order valence-electron chi connectivity index (χ1n) is 8.26. The van der Waals surface area contributed by atoms with E-state index in [2.05, 4.69) is 22.1 Å². The number of carbonyl (C=O) groups is 1. The molecule has 1 fully saturated rings. The van der Waals surface area contributed by atoms with Gasteiger partial charge in [-0.3, -0.25) is 9.78 Å². The fourth-order valence-electron chi connectivity index (χ4n) is 3.18. The number of fused-ring (bicyclic) bond motifs is 1. The summed E-state index contributed by atoms with van der Waals surface area (Å²) in [5, 5.41) is 4.80. The van der Waals surface area contributed by atoms with Gasteiger partial charge >= 0.3 is 0 Å². The van der Waals surface area contributed by atoms with E-state index in [1.165, 1.54) is 0 Å². The summed E-state index contributed by atoms with van der Waals surface area (Å²) in [6.07, 6.45) is 4.77. The topological polar surface area (TPSA) is 45.2 Å². The monoisotopic (exact) mass is 331 g/mol. The average Bonchev–Trinajstić information content (AvgIpc) is 2.59. The van der Waals surface area contributed by atoms with Crippen LogP contribution in [0.5, 0.6) is 0 Å². The summed E-state index contributed by atoms with van der Waals surface area (Å²) in [6, 6.07) is 7.82. The molecule has 2 aromatic rings. The van der Waals surface area contributed by atoms with Gasteiger partial charge in [0.25, 0.3) is 0 Å². The van der Waals surface area contributed by atoms with E-state index in [-0.39, 0.29) is 11.8 Å². The first-order chi connectivity index (χ1) is 11.2. The molecule has 1 aliphatic rings. The number of hydrogen-bond acceptors (Lipinski definition) is 3. The highest BCUT2D eigenvalue weighted by Gasteiger charge is 2.26. The van der Waals surface area contributed by atoms with Crippen molar-refractivity contribution in [3.05, 3.63) is 35.5 Å². The second kappa shape index (κ2) is 7.18. The van der Waals surface area contributed by atoms with Crippen molar-refractivity contribution in [2.75, 3.05) is 24.5 Å². The molecular formula is C18H22ClN3O. The number of hydrogen-bond donors (Lipinski definition) is 1. The van der Waals surface area contributed by atoms with E-state index in [0.717, 1.165) is 55.5 Å². The standard InChI is InChI=1S/C18H22ClN3O/c1-2-8-21-18(23)13-4-3-10-22(12-13)17-7-9-20-16-11-14(19)5-6-15(16)17/h5-7,9,11,13H,2-4,8,10,12H2,1H3,(H,21,23). The Hall–Kier alpha value is -1.81. The maximum atomic E-state index is 12.3. The summed E-state index contributed by atoms with van der Waals surface area (Å²) >= 11 is 6.06. The van der Waals surface area contributed by atoms with Crippen molar-refractivity contribution in [1.29, 1.82) is 0 Å². The Morgan fingerprint density at radius 2 is 2.30 bits per heavy atom.